The minimum atomic E-state index is -0.797. The van der Waals surface area contributed by atoms with E-state index in [2.05, 4.69) is 6.58 Å². The van der Waals surface area contributed by atoms with E-state index in [0.29, 0.717) is 34.3 Å². The summed E-state index contributed by atoms with van der Waals surface area (Å²) in [5.41, 5.74) is 1.04. The first-order valence-corrected chi connectivity index (χ1v) is 10.3. The predicted molar refractivity (Wildman–Crippen MR) is 120 cm³/mol. The number of hydrogen-bond donors (Lipinski definition) is 1. The normalized spacial score (nSPS) is 17.5. The number of furan rings is 1. The monoisotopic (exact) mass is 449 g/mol. The van der Waals surface area contributed by atoms with Crippen LogP contribution in [0.4, 0.5) is 0 Å². The molecule has 1 N–H and O–H groups in total. The van der Waals surface area contributed by atoms with Gasteiger partial charge >= 0.3 is 0 Å². The van der Waals surface area contributed by atoms with Crippen LogP contribution in [0.1, 0.15) is 22.9 Å². The first kappa shape index (κ1) is 21.5. The van der Waals surface area contributed by atoms with Crippen molar-refractivity contribution in [2.75, 3.05) is 6.61 Å². The lowest BCUT2D eigenvalue weighted by Gasteiger charge is -2.24. The molecule has 0 saturated carbocycles. The second kappa shape index (κ2) is 9.16. The lowest BCUT2D eigenvalue weighted by molar-refractivity contribution is -0.140. The number of halogens is 1. The summed E-state index contributed by atoms with van der Waals surface area (Å²) in [5.74, 6) is -0.626. The Morgan fingerprint density at radius 3 is 2.47 bits per heavy atom. The number of nitrogens with zero attached hydrogens (tertiary/aromatic N) is 1. The zero-order chi connectivity index (χ0) is 22.7. The van der Waals surface area contributed by atoms with Crippen LogP contribution in [0.25, 0.3) is 5.76 Å². The van der Waals surface area contributed by atoms with Crippen LogP contribution in [-0.2, 0) is 16.1 Å². The van der Waals surface area contributed by atoms with Gasteiger partial charge in [-0.15, -0.1) is 0 Å². The number of carbonyl (C=O) groups excluding carboxylic acids is 2. The minimum absolute atomic E-state index is 0.00337. The van der Waals surface area contributed by atoms with E-state index in [1.165, 1.54) is 11.2 Å². The Hall–Kier alpha value is -3.77. The molecule has 1 fully saturated rings. The van der Waals surface area contributed by atoms with Crippen molar-refractivity contribution in [1.82, 2.24) is 4.90 Å². The van der Waals surface area contributed by atoms with E-state index in [0.717, 1.165) is 0 Å². The maximum absolute atomic E-state index is 13.0. The summed E-state index contributed by atoms with van der Waals surface area (Å²) >= 11 is 6.03. The standard InChI is InChI=1S/C25H20ClNO5/c1-2-13-31-19-11-7-17(8-12-19)23(28)21-22(16-5-9-18(26)10-6-16)27(25(30)24(21)29)15-20-4-3-14-32-20/h2-12,14,22,28H,1,13,15H2/t22-/m0/s1. The third-order valence-corrected chi connectivity index (χ3v) is 5.38. The molecule has 1 atom stereocenters. The molecular formula is C25H20ClNO5. The molecule has 1 amide bonds. The van der Waals surface area contributed by atoms with Gasteiger partial charge in [-0.3, -0.25) is 9.59 Å². The highest BCUT2D eigenvalue weighted by molar-refractivity contribution is 6.46. The molecular weight excluding hydrogens is 430 g/mol. The predicted octanol–water partition coefficient (Wildman–Crippen LogP) is 5.12. The van der Waals surface area contributed by atoms with Gasteiger partial charge in [0, 0.05) is 10.6 Å². The Kier molecular flexibility index (Phi) is 6.14. The lowest BCUT2D eigenvalue weighted by Crippen LogP contribution is -2.29. The van der Waals surface area contributed by atoms with Gasteiger partial charge in [-0.1, -0.05) is 36.4 Å². The summed E-state index contributed by atoms with van der Waals surface area (Å²) < 4.78 is 10.8. The van der Waals surface area contributed by atoms with E-state index in [4.69, 9.17) is 20.8 Å². The Balaban J connectivity index is 1.78. The van der Waals surface area contributed by atoms with E-state index in [1.54, 1.807) is 66.7 Å². The molecule has 0 aliphatic carbocycles. The molecule has 162 valence electrons. The topological polar surface area (TPSA) is 80.0 Å². The van der Waals surface area contributed by atoms with Crippen molar-refractivity contribution in [3.63, 3.8) is 0 Å². The van der Waals surface area contributed by atoms with Gasteiger partial charge < -0.3 is 19.2 Å². The van der Waals surface area contributed by atoms with Crippen molar-refractivity contribution >= 4 is 29.1 Å². The van der Waals surface area contributed by atoms with Crippen LogP contribution in [0.3, 0.4) is 0 Å². The fourth-order valence-corrected chi connectivity index (χ4v) is 3.75. The van der Waals surface area contributed by atoms with Crippen molar-refractivity contribution < 1.29 is 23.8 Å². The number of likely N-dealkylation sites (tertiary alicyclic amines) is 1. The number of rotatable bonds is 7. The largest absolute Gasteiger partial charge is 0.507 e. The highest BCUT2D eigenvalue weighted by atomic mass is 35.5. The van der Waals surface area contributed by atoms with Gasteiger partial charge in [0.2, 0.25) is 0 Å². The van der Waals surface area contributed by atoms with Crippen LogP contribution < -0.4 is 4.74 Å². The smallest absolute Gasteiger partial charge is 0.296 e. The Morgan fingerprint density at radius 2 is 1.84 bits per heavy atom. The number of hydrogen-bond acceptors (Lipinski definition) is 5. The number of aliphatic hydroxyl groups is 1. The van der Waals surface area contributed by atoms with Gasteiger partial charge in [0.15, 0.2) is 0 Å². The van der Waals surface area contributed by atoms with Crippen molar-refractivity contribution in [2.45, 2.75) is 12.6 Å². The first-order chi connectivity index (χ1) is 15.5. The van der Waals surface area contributed by atoms with Crippen LogP contribution >= 0.6 is 11.6 Å². The minimum Gasteiger partial charge on any atom is -0.507 e. The molecule has 0 bridgehead atoms. The molecule has 6 nitrogen and oxygen atoms in total. The van der Waals surface area contributed by atoms with Gasteiger partial charge in [-0.25, -0.2) is 0 Å². The highest BCUT2D eigenvalue weighted by Crippen LogP contribution is 2.40. The van der Waals surface area contributed by atoms with E-state index in [1.807, 2.05) is 0 Å². The van der Waals surface area contributed by atoms with Gasteiger partial charge in [0.25, 0.3) is 11.7 Å². The summed E-state index contributed by atoms with van der Waals surface area (Å²) in [7, 11) is 0. The van der Waals surface area contributed by atoms with Crippen LogP contribution in [0.15, 0.2) is 89.6 Å². The zero-order valence-corrected chi connectivity index (χ0v) is 17.8. The Morgan fingerprint density at radius 1 is 1.12 bits per heavy atom. The fourth-order valence-electron chi connectivity index (χ4n) is 3.62. The van der Waals surface area contributed by atoms with Crippen molar-refractivity contribution in [3.05, 3.63) is 107 Å². The summed E-state index contributed by atoms with van der Waals surface area (Å²) in [6, 6.07) is 16.1. The molecule has 1 aliphatic rings. The SMILES string of the molecule is C=CCOc1ccc(C(O)=C2C(=O)C(=O)N(Cc3ccco3)[C@H]2c2ccc(Cl)cc2)cc1. The third-order valence-electron chi connectivity index (χ3n) is 5.13. The van der Waals surface area contributed by atoms with Crippen LogP contribution in [0, 0.1) is 0 Å². The van der Waals surface area contributed by atoms with E-state index in [-0.39, 0.29) is 17.9 Å². The molecule has 0 spiro atoms. The molecule has 0 radical (unpaired) electrons. The van der Waals surface area contributed by atoms with E-state index < -0.39 is 17.7 Å². The number of Topliss-reactive ketones (excluding diaryl/α,β-unsaturated/α-hetero) is 1. The second-order valence-corrected chi connectivity index (χ2v) is 7.62. The molecule has 1 aliphatic heterocycles. The second-order valence-electron chi connectivity index (χ2n) is 7.18. The molecule has 1 aromatic heterocycles. The Bertz CT molecular complexity index is 1160. The number of ether oxygens (including phenoxy) is 1. The number of benzene rings is 2. The maximum Gasteiger partial charge on any atom is 0.296 e. The van der Waals surface area contributed by atoms with Gasteiger partial charge in [-0.2, -0.15) is 0 Å². The van der Waals surface area contributed by atoms with Crippen LogP contribution in [0.5, 0.6) is 5.75 Å². The third kappa shape index (κ3) is 4.18. The van der Waals surface area contributed by atoms with Crippen LogP contribution in [0.2, 0.25) is 5.02 Å². The average Bonchev–Trinajstić information content (AvgIpc) is 3.41. The lowest BCUT2D eigenvalue weighted by atomic mass is 9.95. The van der Waals surface area contributed by atoms with Gasteiger partial charge in [0.05, 0.1) is 24.4 Å². The number of ketones is 1. The molecule has 4 rings (SSSR count). The average molecular weight is 450 g/mol. The first-order valence-electron chi connectivity index (χ1n) is 9.90. The quantitative estimate of drug-likeness (QED) is 0.234. The summed E-state index contributed by atoms with van der Waals surface area (Å²) in [6.45, 7) is 4.03. The molecule has 1 saturated heterocycles. The zero-order valence-electron chi connectivity index (χ0n) is 17.0. The number of aliphatic hydroxyl groups excluding tert-OH is 1. The van der Waals surface area contributed by atoms with E-state index in [9.17, 15) is 14.7 Å². The number of amides is 1. The van der Waals surface area contributed by atoms with Crippen molar-refractivity contribution in [3.8, 4) is 5.75 Å². The molecule has 3 aromatic rings. The summed E-state index contributed by atoms with van der Waals surface area (Å²) in [6.07, 6.45) is 3.12. The molecule has 2 heterocycles. The Labute approximate surface area is 190 Å². The maximum atomic E-state index is 13.0. The number of carbonyl (C=O) groups is 2. The molecule has 0 unspecified atom stereocenters. The van der Waals surface area contributed by atoms with Gasteiger partial charge in [0.1, 0.15) is 23.9 Å². The highest BCUT2D eigenvalue weighted by Gasteiger charge is 2.46. The molecule has 7 heteroatoms. The van der Waals surface area contributed by atoms with Gasteiger partial charge in [-0.05, 0) is 54.1 Å². The van der Waals surface area contributed by atoms with Crippen molar-refractivity contribution in [1.29, 1.82) is 0 Å². The van der Waals surface area contributed by atoms with Crippen molar-refractivity contribution in [2.24, 2.45) is 0 Å². The summed E-state index contributed by atoms with van der Waals surface area (Å²) in [4.78, 5) is 27.3. The molecule has 2 aromatic carbocycles. The fraction of sp³-hybridized carbons (Fsp3) is 0.120. The molecule has 32 heavy (non-hydrogen) atoms. The summed E-state index contributed by atoms with van der Waals surface area (Å²) in [5, 5.41) is 11.6. The van der Waals surface area contributed by atoms with Crippen LogP contribution in [-0.4, -0.2) is 28.3 Å². The van der Waals surface area contributed by atoms with E-state index >= 15 is 0 Å².